The molecule has 0 saturated heterocycles. The van der Waals surface area contributed by atoms with E-state index >= 15 is 0 Å². The van der Waals surface area contributed by atoms with Gasteiger partial charge >= 0.3 is 0 Å². The third-order valence-electron chi connectivity index (χ3n) is 15.0. The van der Waals surface area contributed by atoms with Crippen molar-refractivity contribution in [1.29, 1.82) is 0 Å². The van der Waals surface area contributed by atoms with E-state index in [1.165, 1.54) is 119 Å². The zero-order valence-corrected chi connectivity index (χ0v) is 39.2. The van der Waals surface area contributed by atoms with Crippen molar-refractivity contribution in [2.75, 3.05) is 4.90 Å². The largest absolute Gasteiger partial charge is 0.310 e. The number of thiophene rings is 1. The lowest BCUT2D eigenvalue weighted by molar-refractivity contribution is 0.660. The zero-order valence-electron chi connectivity index (χ0n) is 38.4. The van der Waals surface area contributed by atoms with Crippen LogP contribution in [0.5, 0.6) is 0 Å². The second kappa shape index (κ2) is 15.4. The van der Waals surface area contributed by atoms with Gasteiger partial charge in [-0.3, -0.25) is 0 Å². The maximum atomic E-state index is 2.55. The Morgan fingerprint density at radius 1 is 0.304 bits per heavy atom. The molecule has 1 aliphatic carbocycles. The molecule has 0 N–H and O–H groups in total. The van der Waals surface area contributed by atoms with Crippen LogP contribution in [-0.2, 0) is 5.41 Å². The van der Waals surface area contributed by atoms with Gasteiger partial charge < -0.3 is 4.90 Å². The molecule has 0 fully saturated rings. The van der Waals surface area contributed by atoms with E-state index in [1.54, 1.807) is 0 Å². The Morgan fingerprint density at radius 2 is 0.841 bits per heavy atom. The van der Waals surface area contributed by atoms with E-state index in [0.717, 1.165) is 17.1 Å². The van der Waals surface area contributed by atoms with Crippen molar-refractivity contribution < 1.29 is 0 Å². The summed E-state index contributed by atoms with van der Waals surface area (Å²) in [4.78, 5) is 2.55. The first kappa shape index (κ1) is 39.8. The number of hydrogen-bond donors (Lipinski definition) is 0. The highest BCUT2D eigenvalue weighted by atomic mass is 32.1. The number of rotatable bonds is 6. The molecule has 14 rings (SSSR count). The van der Waals surface area contributed by atoms with E-state index in [0.29, 0.717) is 0 Å². The van der Waals surface area contributed by atoms with Gasteiger partial charge in [0.2, 0.25) is 0 Å². The summed E-state index contributed by atoms with van der Waals surface area (Å²) in [6.07, 6.45) is 0. The number of hydrogen-bond acceptors (Lipinski definition) is 2. The fraction of sp³-hybridized carbons (Fsp3) is 0.0448. The Morgan fingerprint density at radius 3 is 1.58 bits per heavy atom. The molecular weight excluding hydrogens is 851 g/mol. The summed E-state index contributed by atoms with van der Waals surface area (Å²) in [5, 5.41) is 12.6. The molecule has 0 spiro atoms. The van der Waals surface area contributed by atoms with Gasteiger partial charge in [-0.25, -0.2) is 0 Å². The van der Waals surface area contributed by atoms with Crippen LogP contribution in [0, 0.1) is 0 Å². The Balaban J connectivity index is 1.07. The first-order valence-electron chi connectivity index (χ1n) is 24.0. The highest BCUT2D eigenvalue weighted by Crippen LogP contribution is 2.54. The first-order valence-corrected chi connectivity index (χ1v) is 24.8. The van der Waals surface area contributed by atoms with Crippen LogP contribution in [0.1, 0.15) is 25.0 Å². The fourth-order valence-electron chi connectivity index (χ4n) is 11.6. The summed E-state index contributed by atoms with van der Waals surface area (Å²) in [6.45, 7) is 4.77. The lowest BCUT2D eigenvalue weighted by atomic mass is 9.82. The maximum absolute atomic E-state index is 2.55. The van der Waals surface area contributed by atoms with Crippen LogP contribution in [0.25, 0.3) is 108 Å². The van der Waals surface area contributed by atoms with Crippen LogP contribution in [0.2, 0.25) is 0 Å². The molecule has 2 heteroatoms. The average molecular weight is 896 g/mol. The minimum Gasteiger partial charge on any atom is -0.310 e. The molecule has 12 aromatic carbocycles. The summed E-state index contributed by atoms with van der Waals surface area (Å²) in [7, 11) is 0. The maximum Gasteiger partial charge on any atom is 0.0547 e. The molecular formula is C67H45NS. The van der Waals surface area contributed by atoms with Gasteiger partial charge in [0, 0.05) is 48.1 Å². The van der Waals surface area contributed by atoms with Gasteiger partial charge in [0.05, 0.1) is 5.69 Å². The van der Waals surface area contributed by atoms with Crippen molar-refractivity contribution in [2.24, 2.45) is 0 Å². The molecule has 0 saturated carbocycles. The molecule has 0 aliphatic heterocycles. The van der Waals surface area contributed by atoms with Crippen LogP contribution in [0.15, 0.2) is 237 Å². The third-order valence-corrected chi connectivity index (χ3v) is 16.3. The van der Waals surface area contributed by atoms with Crippen molar-refractivity contribution in [3.8, 4) is 44.5 Å². The van der Waals surface area contributed by atoms with Crippen LogP contribution < -0.4 is 4.90 Å². The van der Waals surface area contributed by atoms with Crippen LogP contribution >= 0.6 is 11.3 Å². The van der Waals surface area contributed by atoms with Gasteiger partial charge in [-0.15, -0.1) is 11.3 Å². The minimum absolute atomic E-state index is 0.173. The van der Waals surface area contributed by atoms with E-state index < -0.39 is 0 Å². The predicted octanol–water partition coefficient (Wildman–Crippen LogP) is 19.4. The van der Waals surface area contributed by atoms with Crippen molar-refractivity contribution >= 4 is 91.7 Å². The van der Waals surface area contributed by atoms with E-state index in [2.05, 4.69) is 255 Å². The van der Waals surface area contributed by atoms with E-state index in [-0.39, 0.29) is 5.41 Å². The minimum atomic E-state index is -0.173. The number of anilines is 3. The van der Waals surface area contributed by atoms with Crippen molar-refractivity contribution in [3.05, 3.63) is 248 Å². The molecule has 0 amide bonds. The molecule has 0 bridgehead atoms. The SMILES string of the molecule is CC1(C)c2ccccc2-c2ccc(N(c3ccc(-c4ccc5ccccc5c4)cc3)c3cc4c5ccccc5c5ccccc5c4cc3-c3cccc4c3sc3c(-c5ccccc5)cccc34)cc21. The molecule has 1 heterocycles. The normalized spacial score (nSPS) is 12.9. The Labute approximate surface area is 405 Å². The summed E-state index contributed by atoms with van der Waals surface area (Å²) >= 11 is 1.92. The lowest BCUT2D eigenvalue weighted by Crippen LogP contribution is -2.17. The Bertz CT molecular complexity index is 4210. The molecule has 324 valence electrons. The van der Waals surface area contributed by atoms with Gasteiger partial charge in [0.25, 0.3) is 0 Å². The quantitative estimate of drug-likeness (QED) is 0.150. The third kappa shape index (κ3) is 6.16. The highest BCUT2D eigenvalue weighted by molar-refractivity contribution is 7.26. The standard InChI is InChI=1S/C67H45NS/c1-67(2)62-29-13-12-24-54(62)55-37-36-48(39-63(55)67)68(47-34-32-43(33-35-47)46-31-30-42-16-6-7-19-45(42)38-46)64-41-60-53-23-11-9-21-51(53)50-20-8-10-22-52(50)59(60)40-61(64)58-28-15-27-57-56-26-14-25-49(65(56)69-66(57)58)44-17-4-3-5-18-44/h3-41H,1-2H3. The molecule has 1 nitrogen and oxygen atoms in total. The summed E-state index contributed by atoms with van der Waals surface area (Å²) in [5.41, 5.74) is 15.9. The second-order valence-corrected chi connectivity index (χ2v) is 20.2. The van der Waals surface area contributed by atoms with Gasteiger partial charge in [-0.2, -0.15) is 0 Å². The smallest absolute Gasteiger partial charge is 0.0547 e. The fourth-order valence-corrected chi connectivity index (χ4v) is 13.0. The monoisotopic (exact) mass is 895 g/mol. The molecule has 0 atom stereocenters. The van der Waals surface area contributed by atoms with Gasteiger partial charge in [0.1, 0.15) is 0 Å². The van der Waals surface area contributed by atoms with Gasteiger partial charge in [0.15, 0.2) is 0 Å². The van der Waals surface area contributed by atoms with Crippen LogP contribution in [0.4, 0.5) is 17.1 Å². The molecule has 1 aliphatic rings. The average Bonchev–Trinajstić information content (AvgIpc) is 3.91. The van der Waals surface area contributed by atoms with E-state index in [1.807, 2.05) is 11.3 Å². The molecule has 69 heavy (non-hydrogen) atoms. The lowest BCUT2D eigenvalue weighted by Gasteiger charge is -2.31. The van der Waals surface area contributed by atoms with Gasteiger partial charge in [-0.05, 0) is 130 Å². The number of fused-ring (bicyclic) bond motifs is 13. The van der Waals surface area contributed by atoms with Crippen LogP contribution in [0.3, 0.4) is 0 Å². The van der Waals surface area contributed by atoms with Crippen molar-refractivity contribution in [3.63, 3.8) is 0 Å². The Kier molecular flexibility index (Phi) is 8.87. The first-order chi connectivity index (χ1) is 34.0. The molecule has 0 radical (unpaired) electrons. The summed E-state index contributed by atoms with van der Waals surface area (Å²) in [5.74, 6) is 0. The molecule has 13 aromatic rings. The van der Waals surface area contributed by atoms with Crippen LogP contribution in [-0.4, -0.2) is 0 Å². The highest BCUT2D eigenvalue weighted by Gasteiger charge is 2.36. The van der Waals surface area contributed by atoms with E-state index in [9.17, 15) is 0 Å². The number of benzene rings is 12. The van der Waals surface area contributed by atoms with Crippen molar-refractivity contribution in [2.45, 2.75) is 19.3 Å². The molecule has 1 aromatic heterocycles. The Hall–Kier alpha value is -8.30. The van der Waals surface area contributed by atoms with Crippen molar-refractivity contribution in [1.82, 2.24) is 0 Å². The number of nitrogens with zero attached hydrogens (tertiary/aromatic N) is 1. The summed E-state index contributed by atoms with van der Waals surface area (Å²) in [6, 6.07) is 88.4. The summed E-state index contributed by atoms with van der Waals surface area (Å²) < 4.78 is 2.60. The van der Waals surface area contributed by atoms with E-state index in [4.69, 9.17) is 0 Å². The zero-order chi connectivity index (χ0) is 45.8. The molecule has 0 unspecified atom stereocenters. The van der Waals surface area contributed by atoms with Gasteiger partial charge in [-0.1, -0.05) is 208 Å². The predicted molar refractivity (Wildman–Crippen MR) is 298 cm³/mol. The topological polar surface area (TPSA) is 3.24 Å². The second-order valence-electron chi connectivity index (χ2n) is 19.2.